The number of nitrogens with zero attached hydrogens (tertiary/aromatic N) is 5. The Balaban J connectivity index is 1.63. The highest BCUT2D eigenvalue weighted by atomic mass is 19.1. The molecular weight excluding hydrogens is 439 g/mol. The number of anilines is 3. The van der Waals surface area contributed by atoms with Crippen LogP contribution in [0.2, 0.25) is 0 Å². The van der Waals surface area contributed by atoms with Gasteiger partial charge in [0.1, 0.15) is 11.4 Å². The Morgan fingerprint density at radius 2 is 2.09 bits per heavy atom. The van der Waals surface area contributed by atoms with E-state index < -0.39 is 11.7 Å². The molecular formula is C23H27FN8O2. The fourth-order valence-corrected chi connectivity index (χ4v) is 3.79. The van der Waals surface area contributed by atoms with Crippen LogP contribution in [0, 0.1) is 5.82 Å². The molecule has 1 aliphatic heterocycles. The molecule has 10 nitrogen and oxygen atoms in total. The first-order valence-electron chi connectivity index (χ1n) is 11.0. The number of piperidine rings is 1. The highest BCUT2D eigenvalue weighted by Crippen LogP contribution is 2.29. The average molecular weight is 467 g/mol. The van der Waals surface area contributed by atoms with E-state index in [4.69, 9.17) is 16.2 Å². The number of hydrogen-bond acceptors (Lipinski definition) is 9. The van der Waals surface area contributed by atoms with Crippen LogP contribution in [0.4, 0.5) is 21.5 Å². The summed E-state index contributed by atoms with van der Waals surface area (Å²) in [4.78, 5) is 31.8. The third-order valence-corrected chi connectivity index (χ3v) is 5.28. The van der Waals surface area contributed by atoms with E-state index in [9.17, 15) is 9.18 Å². The number of carbonyl (C=O) groups excluding carboxylic acids is 1. The van der Waals surface area contributed by atoms with Gasteiger partial charge in [-0.2, -0.15) is 0 Å². The first kappa shape index (κ1) is 23.3. The van der Waals surface area contributed by atoms with E-state index in [-0.39, 0.29) is 40.8 Å². The van der Waals surface area contributed by atoms with Crippen molar-refractivity contribution in [1.29, 1.82) is 0 Å². The first-order chi connectivity index (χ1) is 16.3. The van der Waals surface area contributed by atoms with Crippen molar-refractivity contribution in [2.75, 3.05) is 29.0 Å². The number of aromatic nitrogens is 4. The van der Waals surface area contributed by atoms with Gasteiger partial charge in [0.2, 0.25) is 5.88 Å². The Morgan fingerprint density at radius 1 is 1.26 bits per heavy atom. The molecule has 0 bridgehead atoms. The van der Waals surface area contributed by atoms with Crippen molar-refractivity contribution < 1.29 is 13.9 Å². The standard InChI is InChI=1S/C23H27FN8O2/c1-13(2)34-20-11-28-10-18(29-20)21-15(24)8-16(26)22(31-21)23(33)30-17-9-27-6-5-19(17)32-7-3-4-14(25)12-32/h5-6,8-11,13-14H,3-4,7,12,25-26H2,1-2H3,(H,30,33)/t14-/m0/s1. The summed E-state index contributed by atoms with van der Waals surface area (Å²) in [5.74, 6) is -1.11. The molecule has 0 aliphatic carbocycles. The van der Waals surface area contributed by atoms with Gasteiger partial charge in [0.05, 0.1) is 41.8 Å². The lowest BCUT2D eigenvalue weighted by atomic mass is 10.1. The zero-order chi connectivity index (χ0) is 24.2. The van der Waals surface area contributed by atoms with Gasteiger partial charge < -0.3 is 26.4 Å². The average Bonchev–Trinajstić information content (AvgIpc) is 2.79. The summed E-state index contributed by atoms with van der Waals surface area (Å²) in [6, 6.07) is 2.91. The molecule has 178 valence electrons. The lowest BCUT2D eigenvalue weighted by Crippen LogP contribution is -2.43. The number of carbonyl (C=O) groups is 1. The van der Waals surface area contributed by atoms with E-state index in [1.165, 1.54) is 12.4 Å². The summed E-state index contributed by atoms with van der Waals surface area (Å²) in [6.45, 7) is 5.16. The molecule has 0 aromatic carbocycles. The number of amides is 1. The molecule has 11 heteroatoms. The molecule has 0 unspecified atom stereocenters. The van der Waals surface area contributed by atoms with Crippen molar-refractivity contribution in [3.63, 3.8) is 0 Å². The molecule has 1 amide bonds. The summed E-state index contributed by atoms with van der Waals surface area (Å²) in [6.07, 6.45) is 7.73. The molecule has 1 aliphatic rings. The minimum absolute atomic E-state index is 0.0546. The van der Waals surface area contributed by atoms with Crippen LogP contribution in [0.25, 0.3) is 11.4 Å². The second-order valence-corrected chi connectivity index (χ2v) is 8.36. The van der Waals surface area contributed by atoms with Crippen molar-refractivity contribution in [2.45, 2.75) is 38.8 Å². The predicted molar refractivity (Wildman–Crippen MR) is 127 cm³/mol. The summed E-state index contributed by atoms with van der Waals surface area (Å²) < 4.78 is 20.3. The topological polar surface area (TPSA) is 145 Å². The lowest BCUT2D eigenvalue weighted by molar-refractivity contribution is 0.102. The molecule has 4 rings (SSSR count). The van der Waals surface area contributed by atoms with Gasteiger partial charge in [-0.3, -0.25) is 14.8 Å². The number of nitrogen functional groups attached to an aromatic ring is 1. The Morgan fingerprint density at radius 3 is 2.85 bits per heavy atom. The van der Waals surface area contributed by atoms with Crippen LogP contribution in [0.5, 0.6) is 5.88 Å². The second kappa shape index (κ2) is 9.96. The van der Waals surface area contributed by atoms with Crippen molar-refractivity contribution in [1.82, 2.24) is 19.9 Å². The van der Waals surface area contributed by atoms with E-state index >= 15 is 0 Å². The predicted octanol–water partition coefficient (Wildman–Crippen LogP) is 2.62. The first-order valence-corrected chi connectivity index (χ1v) is 11.0. The van der Waals surface area contributed by atoms with Gasteiger partial charge in [-0.1, -0.05) is 0 Å². The minimum Gasteiger partial charge on any atom is -0.474 e. The number of hydrogen-bond donors (Lipinski definition) is 3. The third-order valence-electron chi connectivity index (χ3n) is 5.28. The Kier molecular flexibility index (Phi) is 6.82. The highest BCUT2D eigenvalue weighted by molar-refractivity contribution is 6.07. The van der Waals surface area contributed by atoms with Gasteiger partial charge in [0, 0.05) is 31.4 Å². The van der Waals surface area contributed by atoms with Crippen LogP contribution >= 0.6 is 0 Å². The summed E-state index contributed by atoms with van der Waals surface area (Å²) in [5.41, 5.74) is 13.1. The van der Waals surface area contributed by atoms with Gasteiger partial charge in [-0.25, -0.2) is 14.4 Å². The van der Waals surface area contributed by atoms with E-state index in [2.05, 4.69) is 30.2 Å². The van der Waals surface area contributed by atoms with Gasteiger partial charge in [0.15, 0.2) is 11.5 Å². The van der Waals surface area contributed by atoms with Crippen LogP contribution < -0.4 is 26.4 Å². The van der Waals surface area contributed by atoms with Crippen LogP contribution in [0.3, 0.4) is 0 Å². The van der Waals surface area contributed by atoms with Crippen molar-refractivity contribution in [3.05, 3.63) is 48.4 Å². The molecule has 1 fully saturated rings. The highest BCUT2D eigenvalue weighted by Gasteiger charge is 2.23. The molecule has 0 saturated carbocycles. The molecule has 5 N–H and O–H groups in total. The quantitative estimate of drug-likeness (QED) is 0.499. The third kappa shape index (κ3) is 5.20. The van der Waals surface area contributed by atoms with Gasteiger partial charge in [0.25, 0.3) is 5.91 Å². The number of nitrogens with one attached hydrogen (secondary N) is 1. The number of nitrogens with two attached hydrogens (primary N) is 2. The fraction of sp³-hybridized carbons (Fsp3) is 0.348. The number of halogens is 1. The molecule has 1 atom stereocenters. The smallest absolute Gasteiger partial charge is 0.276 e. The maximum absolute atomic E-state index is 14.7. The van der Waals surface area contributed by atoms with Crippen LogP contribution in [-0.4, -0.2) is 51.1 Å². The molecule has 4 heterocycles. The Bertz CT molecular complexity index is 1190. The normalized spacial score (nSPS) is 15.9. The van der Waals surface area contributed by atoms with E-state index in [0.29, 0.717) is 12.2 Å². The molecule has 3 aromatic heterocycles. The summed E-state index contributed by atoms with van der Waals surface area (Å²) >= 11 is 0. The maximum Gasteiger partial charge on any atom is 0.276 e. The van der Waals surface area contributed by atoms with Gasteiger partial charge in [-0.15, -0.1) is 0 Å². The molecule has 0 radical (unpaired) electrons. The number of ether oxygens (including phenoxy) is 1. The monoisotopic (exact) mass is 466 g/mol. The largest absolute Gasteiger partial charge is 0.474 e. The van der Waals surface area contributed by atoms with E-state index in [1.54, 1.807) is 12.4 Å². The van der Waals surface area contributed by atoms with Gasteiger partial charge >= 0.3 is 0 Å². The van der Waals surface area contributed by atoms with Crippen LogP contribution in [0.15, 0.2) is 36.9 Å². The maximum atomic E-state index is 14.7. The summed E-state index contributed by atoms with van der Waals surface area (Å²) in [7, 11) is 0. The SMILES string of the molecule is CC(C)Oc1cncc(-c2nc(C(=O)Nc3cnccc3N3CCC[C@H](N)C3)c(N)cc2F)n1. The fourth-order valence-electron chi connectivity index (χ4n) is 3.79. The van der Waals surface area contributed by atoms with Crippen LogP contribution in [0.1, 0.15) is 37.2 Å². The van der Waals surface area contributed by atoms with E-state index in [0.717, 1.165) is 31.1 Å². The van der Waals surface area contributed by atoms with Crippen molar-refractivity contribution >= 4 is 23.0 Å². The van der Waals surface area contributed by atoms with E-state index in [1.807, 2.05) is 19.9 Å². The van der Waals surface area contributed by atoms with Crippen LogP contribution in [-0.2, 0) is 0 Å². The Hall–Kier alpha value is -3.86. The number of rotatable bonds is 6. The molecule has 34 heavy (non-hydrogen) atoms. The van der Waals surface area contributed by atoms with Crippen molar-refractivity contribution in [2.24, 2.45) is 5.73 Å². The minimum atomic E-state index is -0.727. The summed E-state index contributed by atoms with van der Waals surface area (Å²) in [5, 5.41) is 2.81. The van der Waals surface area contributed by atoms with Gasteiger partial charge in [-0.05, 0) is 32.8 Å². The zero-order valence-corrected chi connectivity index (χ0v) is 19.0. The Labute approximate surface area is 196 Å². The lowest BCUT2D eigenvalue weighted by Gasteiger charge is -2.33. The van der Waals surface area contributed by atoms with Crippen molar-refractivity contribution in [3.8, 4) is 17.3 Å². The molecule has 0 spiro atoms. The second-order valence-electron chi connectivity index (χ2n) is 8.36. The number of pyridine rings is 2. The zero-order valence-electron chi connectivity index (χ0n) is 19.0. The molecule has 1 saturated heterocycles. The molecule has 3 aromatic rings.